The first-order chi connectivity index (χ1) is 16.4. The second-order valence-corrected chi connectivity index (χ2v) is 9.37. The molecule has 2 aliphatic heterocycles. The highest BCUT2D eigenvalue weighted by molar-refractivity contribution is 7.10. The van der Waals surface area contributed by atoms with Crippen molar-refractivity contribution in [3.8, 4) is 0 Å². The SMILES string of the molecule is CC(OC(=O)c1ccc2c(c1)C(=O)N(Cc1ccccc1)C2=O)C(=O)N1CCc2sccc2C1. The maximum Gasteiger partial charge on any atom is 0.338 e. The van der Waals surface area contributed by atoms with Gasteiger partial charge >= 0.3 is 5.97 Å². The Morgan fingerprint density at radius 1 is 1.03 bits per heavy atom. The van der Waals surface area contributed by atoms with Gasteiger partial charge in [0.1, 0.15) is 0 Å². The third-order valence-electron chi connectivity index (χ3n) is 6.14. The van der Waals surface area contributed by atoms with Crippen LogP contribution < -0.4 is 0 Å². The molecule has 0 radical (unpaired) electrons. The van der Waals surface area contributed by atoms with E-state index in [0.717, 1.165) is 22.4 Å². The molecular formula is C26H22N2O5S. The van der Waals surface area contributed by atoms with Crippen LogP contribution in [0.5, 0.6) is 0 Å². The molecule has 0 N–H and O–H groups in total. The number of carbonyl (C=O) groups is 4. The molecule has 0 aliphatic carbocycles. The van der Waals surface area contributed by atoms with Gasteiger partial charge in [0.25, 0.3) is 17.7 Å². The predicted molar refractivity (Wildman–Crippen MR) is 125 cm³/mol. The highest BCUT2D eigenvalue weighted by atomic mass is 32.1. The molecule has 1 unspecified atom stereocenters. The number of imide groups is 1. The van der Waals surface area contributed by atoms with Gasteiger partial charge in [0, 0.05) is 18.0 Å². The van der Waals surface area contributed by atoms with Gasteiger partial charge in [-0.2, -0.15) is 0 Å². The predicted octanol–water partition coefficient (Wildman–Crippen LogP) is 3.67. The lowest BCUT2D eigenvalue weighted by Crippen LogP contribution is -2.42. The smallest absolute Gasteiger partial charge is 0.338 e. The number of thiophene rings is 1. The van der Waals surface area contributed by atoms with E-state index in [1.807, 2.05) is 41.8 Å². The fraction of sp³-hybridized carbons (Fsp3) is 0.231. The van der Waals surface area contributed by atoms with Gasteiger partial charge in [0.2, 0.25) is 0 Å². The number of esters is 1. The monoisotopic (exact) mass is 474 g/mol. The van der Waals surface area contributed by atoms with Gasteiger partial charge < -0.3 is 9.64 Å². The average Bonchev–Trinajstić information content (AvgIpc) is 3.42. The molecule has 2 aliphatic rings. The van der Waals surface area contributed by atoms with Crippen molar-refractivity contribution in [3.63, 3.8) is 0 Å². The van der Waals surface area contributed by atoms with Gasteiger partial charge in [-0.05, 0) is 54.1 Å². The zero-order chi connectivity index (χ0) is 23.8. The number of carbonyl (C=O) groups excluding carboxylic acids is 4. The minimum atomic E-state index is -0.965. The summed E-state index contributed by atoms with van der Waals surface area (Å²) in [7, 11) is 0. The fourth-order valence-electron chi connectivity index (χ4n) is 4.30. The van der Waals surface area contributed by atoms with Gasteiger partial charge in [-0.25, -0.2) is 4.79 Å². The molecule has 0 fully saturated rings. The Balaban J connectivity index is 1.27. The molecule has 2 aromatic carbocycles. The Morgan fingerprint density at radius 3 is 2.59 bits per heavy atom. The van der Waals surface area contributed by atoms with E-state index >= 15 is 0 Å². The van der Waals surface area contributed by atoms with Crippen LogP contribution in [0.25, 0.3) is 0 Å². The minimum absolute atomic E-state index is 0.125. The van der Waals surface area contributed by atoms with E-state index in [0.29, 0.717) is 13.1 Å². The molecule has 3 heterocycles. The first-order valence-corrected chi connectivity index (χ1v) is 11.9. The van der Waals surface area contributed by atoms with Crippen LogP contribution in [0.1, 0.15) is 54.0 Å². The third-order valence-corrected chi connectivity index (χ3v) is 7.16. The quantitative estimate of drug-likeness (QED) is 0.416. The van der Waals surface area contributed by atoms with Gasteiger partial charge in [0.15, 0.2) is 6.10 Å². The summed E-state index contributed by atoms with van der Waals surface area (Å²) in [6, 6.07) is 15.5. The van der Waals surface area contributed by atoms with Crippen LogP contribution in [-0.4, -0.2) is 46.1 Å². The Bertz CT molecular complexity index is 1300. The van der Waals surface area contributed by atoms with Gasteiger partial charge in [0.05, 0.1) is 23.2 Å². The molecule has 0 saturated heterocycles. The second-order valence-electron chi connectivity index (χ2n) is 8.37. The average molecular weight is 475 g/mol. The Kier molecular flexibility index (Phi) is 5.75. The number of ether oxygens (including phenoxy) is 1. The maximum absolute atomic E-state index is 12.9. The van der Waals surface area contributed by atoms with Crippen LogP contribution in [0.15, 0.2) is 60.0 Å². The number of benzene rings is 2. The van der Waals surface area contributed by atoms with E-state index in [9.17, 15) is 19.2 Å². The molecule has 5 rings (SSSR count). The van der Waals surface area contributed by atoms with Gasteiger partial charge in [-0.3, -0.25) is 19.3 Å². The lowest BCUT2D eigenvalue weighted by molar-refractivity contribution is -0.140. The summed E-state index contributed by atoms with van der Waals surface area (Å²) in [5.74, 6) is -1.82. The van der Waals surface area contributed by atoms with Crippen LogP contribution in [0.3, 0.4) is 0 Å². The summed E-state index contributed by atoms with van der Waals surface area (Å²) >= 11 is 1.69. The van der Waals surface area contributed by atoms with Crippen molar-refractivity contribution >= 4 is 35.0 Å². The third kappa shape index (κ3) is 4.01. The first-order valence-electron chi connectivity index (χ1n) is 11.0. The van der Waals surface area contributed by atoms with Crippen molar-refractivity contribution in [1.29, 1.82) is 0 Å². The molecule has 7 nitrogen and oxygen atoms in total. The summed E-state index contributed by atoms with van der Waals surface area (Å²) in [4.78, 5) is 55.4. The Morgan fingerprint density at radius 2 is 1.79 bits per heavy atom. The van der Waals surface area contributed by atoms with E-state index in [4.69, 9.17) is 4.74 Å². The fourth-order valence-corrected chi connectivity index (χ4v) is 5.19. The molecule has 34 heavy (non-hydrogen) atoms. The molecule has 0 spiro atoms. The van der Waals surface area contributed by atoms with E-state index in [-0.39, 0.29) is 29.1 Å². The van der Waals surface area contributed by atoms with Crippen molar-refractivity contribution in [3.05, 3.63) is 92.7 Å². The van der Waals surface area contributed by atoms with E-state index < -0.39 is 23.9 Å². The second kappa shape index (κ2) is 8.87. The van der Waals surface area contributed by atoms with E-state index in [1.165, 1.54) is 23.1 Å². The molecule has 0 saturated carbocycles. The maximum atomic E-state index is 12.9. The Labute approximate surface area is 200 Å². The highest BCUT2D eigenvalue weighted by Gasteiger charge is 2.36. The van der Waals surface area contributed by atoms with Crippen molar-refractivity contribution in [2.75, 3.05) is 6.54 Å². The van der Waals surface area contributed by atoms with Crippen LogP contribution >= 0.6 is 11.3 Å². The standard InChI is InChI=1S/C26H22N2O5S/c1-16(23(29)27-11-9-22-19(15-27)10-12-34-22)33-26(32)18-7-8-20-21(13-18)25(31)28(24(20)30)14-17-5-3-2-4-6-17/h2-8,10,12-13,16H,9,11,14-15H2,1H3. The lowest BCUT2D eigenvalue weighted by atomic mass is 10.1. The lowest BCUT2D eigenvalue weighted by Gasteiger charge is -2.29. The van der Waals surface area contributed by atoms with Crippen molar-refractivity contribution in [2.45, 2.75) is 32.5 Å². The first kappa shape index (κ1) is 22.0. The van der Waals surface area contributed by atoms with E-state index in [1.54, 1.807) is 23.2 Å². The molecule has 172 valence electrons. The normalized spacial score (nSPS) is 15.7. The van der Waals surface area contributed by atoms with Crippen molar-refractivity contribution in [1.82, 2.24) is 9.80 Å². The summed E-state index contributed by atoms with van der Waals surface area (Å²) in [5.41, 5.74) is 2.50. The number of amides is 3. The molecule has 8 heteroatoms. The number of hydrogen-bond acceptors (Lipinski definition) is 6. The highest BCUT2D eigenvalue weighted by Crippen LogP contribution is 2.27. The van der Waals surface area contributed by atoms with Crippen molar-refractivity contribution in [2.24, 2.45) is 0 Å². The molecular weight excluding hydrogens is 452 g/mol. The zero-order valence-electron chi connectivity index (χ0n) is 18.5. The molecule has 3 aromatic rings. The van der Waals surface area contributed by atoms with E-state index in [2.05, 4.69) is 0 Å². The summed E-state index contributed by atoms with van der Waals surface area (Å²) < 4.78 is 5.43. The summed E-state index contributed by atoms with van der Waals surface area (Å²) in [6.07, 6.45) is -0.173. The summed E-state index contributed by atoms with van der Waals surface area (Å²) in [6.45, 7) is 2.79. The topological polar surface area (TPSA) is 84.0 Å². The summed E-state index contributed by atoms with van der Waals surface area (Å²) in [5, 5.41) is 2.02. The van der Waals surface area contributed by atoms with Gasteiger partial charge in [-0.1, -0.05) is 30.3 Å². The van der Waals surface area contributed by atoms with Crippen LogP contribution in [0.2, 0.25) is 0 Å². The number of nitrogens with zero attached hydrogens (tertiary/aromatic N) is 2. The van der Waals surface area contributed by atoms with Crippen LogP contribution in [-0.2, 0) is 29.0 Å². The number of hydrogen-bond donors (Lipinski definition) is 0. The Hall–Kier alpha value is -3.78. The van der Waals surface area contributed by atoms with Gasteiger partial charge in [-0.15, -0.1) is 11.3 Å². The van der Waals surface area contributed by atoms with Crippen LogP contribution in [0.4, 0.5) is 0 Å². The largest absolute Gasteiger partial charge is 0.449 e. The molecule has 1 atom stereocenters. The molecule has 3 amide bonds. The number of rotatable bonds is 5. The molecule has 1 aromatic heterocycles. The zero-order valence-corrected chi connectivity index (χ0v) is 19.3. The number of fused-ring (bicyclic) bond motifs is 2. The molecule has 0 bridgehead atoms. The van der Waals surface area contributed by atoms with Crippen molar-refractivity contribution < 1.29 is 23.9 Å². The van der Waals surface area contributed by atoms with Crippen LogP contribution in [0, 0.1) is 0 Å². The minimum Gasteiger partial charge on any atom is -0.449 e.